The van der Waals surface area contributed by atoms with Gasteiger partial charge in [0.1, 0.15) is 0 Å². The normalized spacial score (nSPS) is 15.9. The zero-order chi connectivity index (χ0) is 16.2. The van der Waals surface area contributed by atoms with Gasteiger partial charge in [0.25, 0.3) is 0 Å². The summed E-state index contributed by atoms with van der Waals surface area (Å²) in [5, 5.41) is 0. The van der Waals surface area contributed by atoms with Gasteiger partial charge in [0.2, 0.25) is 8.32 Å². The third-order valence-electron chi connectivity index (χ3n) is 2.03. The van der Waals surface area contributed by atoms with E-state index in [4.69, 9.17) is 13.5 Å². The molecule has 118 valence electrons. The molecule has 0 aromatic heterocycles. The molecule has 0 aliphatic carbocycles. The van der Waals surface area contributed by atoms with Crippen LogP contribution in [0.1, 0.15) is 6.42 Å². The third-order valence-corrected chi connectivity index (χ3v) is 4.81. The van der Waals surface area contributed by atoms with Gasteiger partial charge in [-0.25, -0.2) is 0 Å². The maximum absolute atomic E-state index is 6.17. The van der Waals surface area contributed by atoms with Crippen LogP contribution >= 0.6 is 0 Å². The lowest BCUT2D eigenvalue weighted by Gasteiger charge is -2.28. The Morgan fingerprint density at radius 2 is 1.50 bits per heavy atom. The molecule has 0 amide bonds. The quantitative estimate of drug-likeness (QED) is 0.288. The zero-order valence-electron chi connectivity index (χ0n) is 14.8. The molecule has 20 heavy (non-hydrogen) atoms. The van der Waals surface area contributed by atoms with Gasteiger partial charge in [-0.3, -0.25) is 4.66 Å². The van der Waals surface area contributed by atoms with Crippen LogP contribution in [0.4, 0.5) is 0 Å². The van der Waals surface area contributed by atoms with Crippen molar-refractivity contribution in [1.82, 2.24) is 0 Å². The monoisotopic (exact) mass is 331 g/mol. The average molecular weight is 332 g/mol. The second-order valence-electron chi connectivity index (χ2n) is 8.10. The Hall–Kier alpha value is -0.179. The van der Waals surface area contributed by atoms with Crippen molar-refractivity contribution in [2.75, 3.05) is 0 Å². The molecule has 0 radical (unpaired) electrons. The van der Waals surface area contributed by atoms with E-state index in [1.165, 1.54) is 0 Å². The summed E-state index contributed by atoms with van der Waals surface area (Å²) >= 11 is 0. The van der Waals surface area contributed by atoms with E-state index in [1.54, 1.807) is 0 Å². The van der Waals surface area contributed by atoms with Crippen LogP contribution in [0.5, 0.6) is 0 Å². The van der Waals surface area contributed by atoms with Crippen molar-refractivity contribution in [1.29, 1.82) is 0 Å². The van der Waals surface area contributed by atoms with Gasteiger partial charge in [-0.05, 0) is 58.9 Å². The van der Waals surface area contributed by atoms with Gasteiger partial charge in [0, 0.05) is 6.42 Å². The van der Waals surface area contributed by atoms with Crippen molar-refractivity contribution in [3.8, 4) is 0 Å². The van der Waals surface area contributed by atoms with Crippen molar-refractivity contribution in [3.63, 3.8) is 0 Å². The lowest BCUT2D eigenvalue weighted by atomic mass is 10.2. The molecule has 0 saturated carbocycles. The second kappa shape index (κ2) is 7.20. The van der Waals surface area contributed by atoms with Crippen LogP contribution in [0.2, 0.25) is 58.9 Å². The molecule has 0 fully saturated rings. The maximum atomic E-state index is 6.17. The molecule has 0 N–H and O–H groups in total. The molecule has 0 heterocycles. The molecule has 0 aromatic carbocycles. The fourth-order valence-corrected chi connectivity index (χ4v) is 4.54. The molecule has 6 heteroatoms. The fraction of sp³-hybridized carbons (Fsp3) is 0.786. The molecule has 1 atom stereocenters. The molecule has 0 bridgehead atoms. The van der Waals surface area contributed by atoms with E-state index in [-0.39, 0.29) is 6.10 Å². The Kier molecular flexibility index (Phi) is 7.13. The zero-order valence-corrected chi connectivity index (χ0v) is 17.8. The molecule has 0 aliphatic rings. The first-order valence-corrected chi connectivity index (χ1v) is 17.6. The molecule has 0 saturated heterocycles. The van der Waals surface area contributed by atoms with E-state index in [0.29, 0.717) is 6.42 Å². The van der Waals surface area contributed by atoms with E-state index in [9.17, 15) is 0 Å². The van der Waals surface area contributed by atoms with Crippen LogP contribution in [0.25, 0.3) is 0 Å². The Morgan fingerprint density at radius 3 is 1.80 bits per heavy atom. The summed E-state index contributed by atoms with van der Waals surface area (Å²) in [5.41, 5.74) is 0. The Labute approximate surface area is 128 Å². The van der Waals surface area contributed by atoms with Crippen molar-refractivity contribution >= 4 is 30.8 Å². The Bertz CT molecular complexity index is 349. The summed E-state index contributed by atoms with van der Waals surface area (Å²) in [7, 11) is -4.78. The van der Waals surface area contributed by atoms with Crippen LogP contribution in [-0.4, -0.2) is 36.9 Å². The van der Waals surface area contributed by atoms with Crippen LogP contribution in [0.15, 0.2) is 17.3 Å². The summed E-state index contributed by atoms with van der Waals surface area (Å²) in [6.07, 6.45) is 2.60. The Balaban J connectivity index is 5.05. The van der Waals surface area contributed by atoms with Gasteiger partial charge >= 0.3 is 0 Å². The molecule has 3 nitrogen and oxygen atoms in total. The van der Waals surface area contributed by atoms with Gasteiger partial charge in [-0.15, -0.1) is 6.58 Å². The highest BCUT2D eigenvalue weighted by molar-refractivity contribution is 6.76. The van der Waals surface area contributed by atoms with Crippen LogP contribution in [-0.2, 0) is 8.85 Å². The topological polar surface area (TPSA) is 30.8 Å². The number of hydrogen-bond acceptors (Lipinski definition) is 3. The highest BCUT2D eigenvalue weighted by Gasteiger charge is 2.25. The lowest BCUT2D eigenvalue weighted by molar-refractivity contribution is 0.244. The summed E-state index contributed by atoms with van der Waals surface area (Å²) in [6.45, 7) is 23.7. The fourth-order valence-electron chi connectivity index (χ4n) is 1.64. The summed E-state index contributed by atoms with van der Waals surface area (Å²) < 4.78 is 17.2. The SMILES string of the molecule is C=C[C@H](C/C(=N/[Si](C)(C)C)O[Si](C)(C)C)O[Si](C)(C)C. The highest BCUT2D eigenvalue weighted by atomic mass is 28.4. The van der Waals surface area contributed by atoms with Gasteiger partial charge < -0.3 is 8.85 Å². The Morgan fingerprint density at radius 1 is 1.00 bits per heavy atom. The number of rotatable bonds is 7. The van der Waals surface area contributed by atoms with Gasteiger partial charge in [-0.2, -0.15) is 0 Å². The average Bonchev–Trinajstić information content (AvgIpc) is 2.08. The number of nitrogens with zero attached hydrogens (tertiary/aromatic N) is 1. The maximum Gasteiger partial charge on any atom is 0.243 e. The van der Waals surface area contributed by atoms with Crippen molar-refractivity contribution in [2.45, 2.75) is 71.4 Å². The van der Waals surface area contributed by atoms with Crippen LogP contribution < -0.4 is 0 Å². The molecule has 0 aromatic rings. The van der Waals surface area contributed by atoms with Gasteiger partial charge in [0.05, 0.1) is 6.10 Å². The summed E-state index contributed by atoms with van der Waals surface area (Å²) in [5.74, 6) is 0.867. The van der Waals surface area contributed by atoms with E-state index in [2.05, 4.69) is 65.5 Å². The van der Waals surface area contributed by atoms with Crippen molar-refractivity contribution in [3.05, 3.63) is 12.7 Å². The predicted molar refractivity (Wildman–Crippen MR) is 98.2 cm³/mol. The van der Waals surface area contributed by atoms with E-state index < -0.39 is 24.9 Å². The smallest absolute Gasteiger partial charge is 0.243 e. The third kappa shape index (κ3) is 11.6. The molecule has 0 rings (SSSR count). The first-order valence-electron chi connectivity index (χ1n) is 7.30. The molecular formula is C14H33NO2Si3. The highest BCUT2D eigenvalue weighted by Crippen LogP contribution is 2.16. The van der Waals surface area contributed by atoms with Gasteiger partial charge in [-0.1, -0.05) is 6.08 Å². The minimum absolute atomic E-state index is 0.00752. The van der Waals surface area contributed by atoms with E-state index in [1.807, 2.05) is 6.08 Å². The number of hydrogen-bond donors (Lipinski definition) is 0. The minimum atomic E-state index is -1.65. The molecule has 0 aliphatic heterocycles. The summed E-state index contributed by atoms with van der Waals surface area (Å²) in [6, 6.07) is 0. The van der Waals surface area contributed by atoms with Crippen molar-refractivity contribution < 1.29 is 8.85 Å². The van der Waals surface area contributed by atoms with E-state index in [0.717, 1.165) is 5.90 Å². The molecule has 0 unspecified atom stereocenters. The first-order chi connectivity index (χ1) is 8.72. The standard InChI is InChI=1S/C14H33NO2Si3/c1-11-13(16-19(5,6)7)12-14(15-18(2,3)4)17-20(8,9)10/h11,13H,1,12H2,2-10H3/b15-14-/t13-/m1/s1. The minimum Gasteiger partial charge on any atom is -0.535 e. The lowest BCUT2D eigenvalue weighted by Crippen LogP contribution is -2.36. The first kappa shape index (κ1) is 19.8. The van der Waals surface area contributed by atoms with Crippen LogP contribution in [0, 0.1) is 0 Å². The predicted octanol–water partition coefficient (Wildman–Crippen LogP) is 4.87. The van der Waals surface area contributed by atoms with E-state index >= 15 is 0 Å². The largest absolute Gasteiger partial charge is 0.535 e. The second-order valence-corrected chi connectivity index (χ2v) is 21.6. The van der Waals surface area contributed by atoms with Crippen LogP contribution in [0.3, 0.4) is 0 Å². The summed E-state index contributed by atoms with van der Waals surface area (Å²) in [4.78, 5) is 0. The van der Waals surface area contributed by atoms with Crippen molar-refractivity contribution in [2.24, 2.45) is 4.66 Å². The molecule has 0 spiro atoms. The van der Waals surface area contributed by atoms with Gasteiger partial charge in [0.15, 0.2) is 22.5 Å². The molecular weight excluding hydrogens is 298 g/mol.